The number of rotatable bonds is 4. The fraction of sp³-hybridized carbons (Fsp3) is 0.600. The van der Waals surface area contributed by atoms with Crippen LogP contribution < -0.4 is 5.32 Å². The molecule has 1 heteroatoms. The van der Waals surface area contributed by atoms with Crippen LogP contribution in [0.3, 0.4) is 0 Å². The summed E-state index contributed by atoms with van der Waals surface area (Å²) < 4.78 is 0. The Hall–Kier alpha value is -0.820. The quantitative estimate of drug-likeness (QED) is 0.812. The van der Waals surface area contributed by atoms with Crippen LogP contribution in [0, 0.1) is 5.92 Å². The van der Waals surface area contributed by atoms with Crippen molar-refractivity contribution < 1.29 is 0 Å². The van der Waals surface area contributed by atoms with Crippen LogP contribution in [-0.2, 0) is 0 Å². The summed E-state index contributed by atoms with van der Waals surface area (Å²) in [4.78, 5) is 0. The summed E-state index contributed by atoms with van der Waals surface area (Å²) in [6.07, 6.45) is 5.56. The zero-order chi connectivity index (χ0) is 11.0. The van der Waals surface area contributed by atoms with Gasteiger partial charge in [-0.2, -0.15) is 0 Å². The lowest BCUT2D eigenvalue weighted by Gasteiger charge is -2.38. The fourth-order valence-corrected chi connectivity index (χ4v) is 2.86. The Bertz CT molecular complexity index is 336. The first-order valence-corrected chi connectivity index (χ1v) is 6.64. The molecule has 1 N–H and O–H groups in total. The summed E-state index contributed by atoms with van der Waals surface area (Å²) in [6.45, 7) is 2.35. The van der Waals surface area contributed by atoms with Crippen LogP contribution in [0.15, 0.2) is 30.3 Å². The van der Waals surface area contributed by atoms with E-state index in [1.807, 2.05) is 0 Å². The van der Waals surface area contributed by atoms with Crippen molar-refractivity contribution in [3.63, 3.8) is 0 Å². The molecule has 0 aliphatic heterocycles. The highest BCUT2D eigenvalue weighted by molar-refractivity contribution is 5.22. The van der Waals surface area contributed by atoms with Crippen molar-refractivity contribution in [1.82, 2.24) is 5.32 Å². The molecule has 0 aromatic heterocycles. The van der Waals surface area contributed by atoms with E-state index in [4.69, 9.17) is 0 Å². The Kier molecular flexibility index (Phi) is 2.72. The van der Waals surface area contributed by atoms with Gasteiger partial charge in [-0.3, -0.25) is 0 Å². The van der Waals surface area contributed by atoms with Gasteiger partial charge in [-0.1, -0.05) is 30.3 Å². The summed E-state index contributed by atoms with van der Waals surface area (Å²) in [5.41, 5.74) is 1.53. The molecule has 0 saturated heterocycles. The predicted molar refractivity (Wildman–Crippen MR) is 67.5 cm³/mol. The molecule has 86 valence electrons. The van der Waals surface area contributed by atoms with Crippen LogP contribution in [-0.4, -0.2) is 12.1 Å². The van der Waals surface area contributed by atoms with E-state index in [1.165, 1.54) is 31.2 Å². The minimum atomic E-state index is 0.752. The number of benzene rings is 1. The topological polar surface area (TPSA) is 12.0 Å². The zero-order valence-corrected chi connectivity index (χ0v) is 10.0. The molecule has 3 rings (SSSR count). The Morgan fingerprint density at radius 3 is 2.44 bits per heavy atom. The van der Waals surface area contributed by atoms with E-state index in [9.17, 15) is 0 Å². The fourth-order valence-electron chi connectivity index (χ4n) is 2.86. The van der Waals surface area contributed by atoms with Crippen LogP contribution in [0.4, 0.5) is 0 Å². The average molecular weight is 215 g/mol. The van der Waals surface area contributed by atoms with Gasteiger partial charge in [-0.05, 0) is 50.0 Å². The van der Waals surface area contributed by atoms with Crippen molar-refractivity contribution in [3.05, 3.63) is 35.9 Å². The Morgan fingerprint density at radius 1 is 1.12 bits per heavy atom. The number of hydrogen-bond donors (Lipinski definition) is 1. The standard InChI is InChI=1S/C15H21N/c1-11(12-7-8-12)16-15-9-14(10-15)13-5-3-2-4-6-13/h2-6,11-12,14-16H,7-10H2,1H3. The highest BCUT2D eigenvalue weighted by Crippen LogP contribution is 2.39. The summed E-state index contributed by atoms with van der Waals surface area (Å²) >= 11 is 0. The van der Waals surface area contributed by atoms with Gasteiger partial charge < -0.3 is 5.32 Å². The maximum Gasteiger partial charge on any atom is 0.00813 e. The van der Waals surface area contributed by atoms with Gasteiger partial charge in [0.15, 0.2) is 0 Å². The molecule has 0 spiro atoms. The maximum atomic E-state index is 3.78. The molecular weight excluding hydrogens is 194 g/mol. The van der Waals surface area contributed by atoms with Gasteiger partial charge in [0.2, 0.25) is 0 Å². The Labute approximate surface area is 98.3 Å². The molecule has 2 aliphatic rings. The number of nitrogens with one attached hydrogen (secondary N) is 1. The summed E-state index contributed by atoms with van der Waals surface area (Å²) in [6, 6.07) is 12.5. The van der Waals surface area contributed by atoms with Gasteiger partial charge in [0, 0.05) is 12.1 Å². The van der Waals surface area contributed by atoms with Crippen molar-refractivity contribution in [2.75, 3.05) is 0 Å². The van der Waals surface area contributed by atoms with Crippen LogP contribution >= 0.6 is 0 Å². The third-order valence-corrected chi connectivity index (χ3v) is 4.24. The highest BCUT2D eigenvalue weighted by Gasteiger charge is 2.34. The van der Waals surface area contributed by atoms with Crippen molar-refractivity contribution in [1.29, 1.82) is 0 Å². The lowest BCUT2D eigenvalue weighted by molar-refractivity contribution is 0.261. The average Bonchev–Trinajstić information content (AvgIpc) is 3.07. The minimum Gasteiger partial charge on any atom is -0.311 e. The molecule has 1 atom stereocenters. The van der Waals surface area contributed by atoms with Crippen LogP contribution in [0.1, 0.15) is 44.1 Å². The molecule has 2 saturated carbocycles. The molecule has 16 heavy (non-hydrogen) atoms. The van der Waals surface area contributed by atoms with Crippen molar-refractivity contribution in [2.24, 2.45) is 5.92 Å². The monoisotopic (exact) mass is 215 g/mol. The van der Waals surface area contributed by atoms with E-state index >= 15 is 0 Å². The second kappa shape index (κ2) is 4.21. The molecular formula is C15H21N. The van der Waals surface area contributed by atoms with Gasteiger partial charge in [0.05, 0.1) is 0 Å². The minimum absolute atomic E-state index is 0.752. The molecule has 1 nitrogen and oxygen atoms in total. The normalized spacial score (nSPS) is 30.8. The first-order valence-electron chi connectivity index (χ1n) is 6.64. The molecule has 1 unspecified atom stereocenters. The SMILES string of the molecule is CC(NC1CC(c2ccccc2)C1)C1CC1. The molecule has 2 aliphatic carbocycles. The van der Waals surface area contributed by atoms with E-state index in [2.05, 4.69) is 42.6 Å². The smallest absolute Gasteiger partial charge is 0.00813 e. The Balaban J connectivity index is 1.47. The van der Waals surface area contributed by atoms with Gasteiger partial charge in [-0.15, -0.1) is 0 Å². The molecule has 1 aromatic rings. The molecule has 0 heterocycles. The van der Waals surface area contributed by atoms with Crippen LogP contribution in [0.2, 0.25) is 0 Å². The summed E-state index contributed by atoms with van der Waals surface area (Å²) in [7, 11) is 0. The largest absolute Gasteiger partial charge is 0.311 e. The van der Waals surface area contributed by atoms with E-state index in [0.717, 1.165) is 23.9 Å². The number of hydrogen-bond acceptors (Lipinski definition) is 1. The van der Waals surface area contributed by atoms with E-state index in [-0.39, 0.29) is 0 Å². The second-order valence-corrected chi connectivity index (χ2v) is 5.57. The van der Waals surface area contributed by atoms with Gasteiger partial charge in [0.1, 0.15) is 0 Å². The van der Waals surface area contributed by atoms with Gasteiger partial charge >= 0.3 is 0 Å². The second-order valence-electron chi connectivity index (χ2n) is 5.57. The lowest BCUT2D eigenvalue weighted by Crippen LogP contribution is -2.45. The van der Waals surface area contributed by atoms with E-state index in [0.29, 0.717) is 0 Å². The third-order valence-electron chi connectivity index (χ3n) is 4.24. The summed E-state index contributed by atoms with van der Waals surface area (Å²) in [5, 5.41) is 3.78. The predicted octanol–water partition coefficient (Wildman–Crippen LogP) is 3.32. The first-order chi connectivity index (χ1) is 7.83. The first kappa shape index (κ1) is 10.3. The van der Waals surface area contributed by atoms with Gasteiger partial charge in [0.25, 0.3) is 0 Å². The van der Waals surface area contributed by atoms with Crippen LogP contribution in [0.25, 0.3) is 0 Å². The molecule has 0 amide bonds. The van der Waals surface area contributed by atoms with E-state index in [1.54, 1.807) is 0 Å². The van der Waals surface area contributed by atoms with Crippen molar-refractivity contribution >= 4 is 0 Å². The Morgan fingerprint density at radius 2 is 1.81 bits per heavy atom. The molecule has 1 aromatic carbocycles. The highest BCUT2D eigenvalue weighted by atomic mass is 15.0. The van der Waals surface area contributed by atoms with Gasteiger partial charge in [-0.25, -0.2) is 0 Å². The summed E-state index contributed by atoms with van der Waals surface area (Å²) in [5.74, 6) is 1.79. The molecule has 2 fully saturated rings. The molecule has 0 bridgehead atoms. The third kappa shape index (κ3) is 2.15. The van der Waals surface area contributed by atoms with Crippen molar-refractivity contribution in [3.8, 4) is 0 Å². The van der Waals surface area contributed by atoms with Crippen molar-refractivity contribution in [2.45, 2.75) is 50.6 Å². The lowest BCUT2D eigenvalue weighted by atomic mass is 9.75. The maximum absolute atomic E-state index is 3.78. The molecule has 0 radical (unpaired) electrons. The van der Waals surface area contributed by atoms with E-state index < -0.39 is 0 Å². The van der Waals surface area contributed by atoms with Crippen LogP contribution in [0.5, 0.6) is 0 Å². The zero-order valence-electron chi connectivity index (χ0n) is 10.0.